The van der Waals surface area contributed by atoms with E-state index in [0.29, 0.717) is 23.8 Å². The van der Waals surface area contributed by atoms with Crippen LogP contribution in [0, 0.1) is 5.92 Å². The van der Waals surface area contributed by atoms with E-state index in [2.05, 4.69) is 15.2 Å². The lowest BCUT2D eigenvalue weighted by atomic mass is 10.1. The Bertz CT molecular complexity index is 493. The molecule has 122 valence electrons. The molecule has 1 fully saturated rings. The summed E-state index contributed by atoms with van der Waals surface area (Å²) < 4.78 is 5.11. The summed E-state index contributed by atoms with van der Waals surface area (Å²) in [6.45, 7) is 4.55. The van der Waals surface area contributed by atoms with Crippen LogP contribution in [-0.2, 0) is 4.74 Å². The maximum atomic E-state index is 12.4. The Hall–Kier alpha value is -1.66. The average Bonchev–Trinajstić information content (AvgIpc) is 2.98. The van der Waals surface area contributed by atoms with Gasteiger partial charge in [-0.05, 0) is 31.0 Å². The van der Waals surface area contributed by atoms with Crippen LogP contribution in [0.5, 0.6) is 0 Å². The van der Waals surface area contributed by atoms with Crippen molar-refractivity contribution >= 4 is 11.7 Å². The summed E-state index contributed by atoms with van der Waals surface area (Å²) in [6.07, 6.45) is 2.83. The van der Waals surface area contributed by atoms with Crippen LogP contribution in [0.4, 0.5) is 5.82 Å². The van der Waals surface area contributed by atoms with E-state index in [1.165, 1.54) is 0 Å². The molecule has 1 saturated heterocycles. The van der Waals surface area contributed by atoms with E-state index in [1.807, 2.05) is 25.1 Å². The van der Waals surface area contributed by atoms with E-state index < -0.39 is 0 Å². The molecule has 1 N–H and O–H groups in total. The Morgan fingerprint density at radius 2 is 2.36 bits per heavy atom. The molecule has 1 amide bonds. The zero-order valence-corrected chi connectivity index (χ0v) is 13.7. The molecule has 0 aliphatic carbocycles. The molecule has 1 aromatic rings. The van der Waals surface area contributed by atoms with Crippen molar-refractivity contribution in [2.75, 3.05) is 58.9 Å². The highest BCUT2D eigenvalue weighted by Gasteiger charge is 2.23. The van der Waals surface area contributed by atoms with Crippen molar-refractivity contribution in [1.82, 2.24) is 15.2 Å². The standard InChI is InChI=1S/C16H26N4O2/c1-19(2)15-14(5-4-7-17-15)16(21)18-11-13-6-8-20(12-13)9-10-22-3/h4-5,7,13H,6,8-12H2,1-3H3,(H,18,21)/t13-/m0/s1. The lowest BCUT2D eigenvalue weighted by Gasteiger charge is -2.17. The van der Waals surface area contributed by atoms with Crippen molar-refractivity contribution in [1.29, 1.82) is 0 Å². The van der Waals surface area contributed by atoms with E-state index in [9.17, 15) is 4.79 Å². The number of ether oxygens (including phenoxy) is 1. The zero-order chi connectivity index (χ0) is 15.9. The van der Waals surface area contributed by atoms with Crippen molar-refractivity contribution < 1.29 is 9.53 Å². The van der Waals surface area contributed by atoms with Gasteiger partial charge in [-0.3, -0.25) is 4.79 Å². The lowest BCUT2D eigenvalue weighted by Crippen LogP contribution is -2.32. The molecule has 0 unspecified atom stereocenters. The first kappa shape index (κ1) is 16.7. The van der Waals surface area contributed by atoms with Gasteiger partial charge in [0, 0.05) is 47.0 Å². The van der Waals surface area contributed by atoms with Crippen LogP contribution in [0.1, 0.15) is 16.8 Å². The van der Waals surface area contributed by atoms with Gasteiger partial charge in [-0.2, -0.15) is 0 Å². The summed E-state index contributed by atoms with van der Waals surface area (Å²) in [5.41, 5.74) is 0.627. The van der Waals surface area contributed by atoms with Crippen molar-refractivity contribution in [3.63, 3.8) is 0 Å². The van der Waals surface area contributed by atoms with Gasteiger partial charge in [0.1, 0.15) is 5.82 Å². The summed E-state index contributed by atoms with van der Waals surface area (Å²) in [7, 11) is 5.51. The number of rotatable bonds is 7. The van der Waals surface area contributed by atoms with E-state index in [4.69, 9.17) is 4.74 Å². The quantitative estimate of drug-likeness (QED) is 0.809. The number of likely N-dealkylation sites (tertiary alicyclic amines) is 1. The van der Waals surface area contributed by atoms with Crippen LogP contribution < -0.4 is 10.2 Å². The first-order valence-corrected chi connectivity index (χ1v) is 7.73. The molecule has 2 rings (SSSR count). The van der Waals surface area contributed by atoms with Crippen molar-refractivity contribution in [2.45, 2.75) is 6.42 Å². The third kappa shape index (κ3) is 4.42. The number of pyridine rings is 1. The number of anilines is 1. The molecule has 1 aliphatic rings. The van der Waals surface area contributed by atoms with Crippen LogP contribution in [0.15, 0.2) is 18.3 Å². The first-order valence-electron chi connectivity index (χ1n) is 7.73. The van der Waals surface area contributed by atoms with E-state index >= 15 is 0 Å². The second-order valence-electron chi connectivity index (χ2n) is 5.93. The van der Waals surface area contributed by atoms with Crippen LogP contribution in [-0.4, -0.2) is 69.8 Å². The molecule has 1 aromatic heterocycles. The number of hydrogen-bond acceptors (Lipinski definition) is 5. The van der Waals surface area contributed by atoms with Gasteiger partial charge >= 0.3 is 0 Å². The monoisotopic (exact) mass is 306 g/mol. The molecular weight excluding hydrogens is 280 g/mol. The largest absolute Gasteiger partial charge is 0.383 e. The highest BCUT2D eigenvalue weighted by Crippen LogP contribution is 2.17. The molecule has 0 saturated carbocycles. The minimum atomic E-state index is -0.0489. The minimum Gasteiger partial charge on any atom is -0.383 e. The molecule has 2 heterocycles. The van der Waals surface area contributed by atoms with Crippen molar-refractivity contribution in [3.8, 4) is 0 Å². The zero-order valence-electron chi connectivity index (χ0n) is 13.7. The summed E-state index contributed by atoms with van der Waals surface area (Å²) in [6, 6.07) is 3.61. The number of methoxy groups -OCH3 is 1. The second kappa shape index (κ2) is 8.10. The van der Waals surface area contributed by atoms with Gasteiger partial charge in [-0.25, -0.2) is 4.98 Å². The SMILES string of the molecule is COCCN1CC[C@@H](CNC(=O)c2cccnc2N(C)C)C1. The summed E-state index contributed by atoms with van der Waals surface area (Å²) in [5.74, 6) is 1.17. The molecule has 0 spiro atoms. The predicted octanol–water partition coefficient (Wildman–Crippen LogP) is 0.846. The number of nitrogens with zero attached hydrogens (tertiary/aromatic N) is 3. The van der Waals surface area contributed by atoms with Crippen molar-refractivity contribution in [3.05, 3.63) is 23.9 Å². The van der Waals surface area contributed by atoms with Gasteiger partial charge < -0.3 is 19.9 Å². The summed E-state index contributed by atoms with van der Waals surface area (Å²) in [4.78, 5) is 20.9. The lowest BCUT2D eigenvalue weighted by molar-refractivity contribution is 0.0947. The van der Waals surface area contributed by atoms with E-state index in [1.54, 1.807) is 19.4 Å². The normalized spacial score (nSPS) is 18.4. The summed E-state index contributed by atoms with van der Waals surface area (Å²) in [5, 5.41) is 3.05. The van der Waals surface area contributed by atoms with Gasteiger partial charge in [0.05, 0.1) is 12.2 Å². The topological polar surface area (TPSA) is 57.7 Å². The number of amides is 1. The number of hydrogen-bond donors (Lipinski definition) is 1. The third-order valence-corrected chi connectivity index (χ3v) is 3.99. The second-order valence-corrected chi connectivity index (χ2v) is 5.93. The fraction of sp³-hybridized carbons (Fsp3) is 0.625. The molecule has 0 bridgehead atoms. The van der Waals surface area contributed by atoms with E-state index in [0.717, 1.165) is 32.7 Å². The van der Waals surface area contributed by atoms with Crippen LogP contribution in [0.3, 0.4) is 0 Å². The predicted molar refractivity (Wildman–Crippen MR) is 87.3 cm³/mol. The average molecular weight is 306 g/mol. The third-order valence-electron chi connectivity index (χ3n) is 3.99. The maximum Gasteiger partial charge on any atom is 0.255 e. The number of carbonyl (C=O) groups excluding carboxylic acids is 1. The van der Waals surface area contributed by atoms with Gasteiger partial charge in [-0.1, -0.05) is 0 Å². The fourth-order valence-electron chi connectivity index (χ4n) is 2.77. The van der Waals surface area contributed by atoms with E-state index in [-0.39, 0.29) is 5.91 Å². The Morgan fingerprint density at radius 3 is 3.09 bits per heavy atom. The number of carbonyl (C=O) groups is 1. The van der Waals surface area contributed by atoms with Gasteiger partial charge in [0.25, 0.3) is 5.91 Å². The smallest absolute Gasteiger partial charge is 0.255 e. The minimum absolute atomic E-state index is 0.0489. The Morgan fingerprint density at radius 1 is 1.55 bits per heavy atom. The highest BCUT2D eigenvalue weighted by atomic mass is 16.5. The molecule has 22 heavy (non-hydrogen) atoms. The summed E-state index contributed by atoms with van der Waals surface area (Å²) >= 11 is 0. The highest BCUT2D eigenvalue weighted by molar-refractivity contribution is 5.98. The molecule has 6 nitrogen and oxygen atoms in total. The molecular formula is C16H26N4O2. The van der Waals surface area contributed by atoms with Crippen LogP contribution >= 0.6 is 0 Å². The molecule has 0 radical (unpaired) electrons. The molecule has 6 heteroatoms. The number of aromatic nitrogens is 1. The Kier molecular flexibility index (Phi) is 6.15. The van der Waals surface area contributed by atoms with Gasteiger partial charge in [0.15, 0.2) is 0 Å². The maximum absolute atomic E-state index is 12.4. The molecule has 1 aliphatic heterocycles. The molecule has 1 atom stereocenters. The van der Waals surface area contributed by atoms with Crippen LogP contribution in [0.25, 0.3) is 0 Å². The first-order chi connectivity index (χ1) is 10.6. The van der Waals surface area contributed by atoms with Gasteiger partial charge in [0.2, 0.25) is 0 Å². The fourth-order valence-corrected chi connectivity index (χ4v) is 2.77. The number of nitrogens with one attached hydrogen (secondary N) is 1. The van der Waals surface area contributed by atoms with Gasteiger partial charge in [-0.15, -0.1) is 0 Å². The Balaban J connectivity index is 1.84. The van der Waals surface area contributed by atoms with Crippen LogP contribution in [0.2, 0.25) is 0 Å². The van der Waals surface area contributed by atoms with Crippen molar-refractivity contribution in [2.24, 2.45) is 5.92 Å². The molecule has 0 aromatic carbocycles. The Labute approximate surface area is 132 Å².